The minimum atomic E-state index is -0.905. The largest absolute Gasteiger partial charge is 0.496 e. The number of anilines is 1. The maximum atomic E-state index is 13.0. The first-order valence-electron chi connectivity index (χ1n) is 9.91. The molecular weight excluding hydrogens is 410 g/mol. The molecule has 1 aromatic carbocycles. The van der Waals surface area contributed by atoms with Gasteiger partial charge >= 0.3 is 11.9 Å². The number of methoxy groups -OCH3 is 2. The van der Waals surface area contributed by atoms with E-state index in [0.29, 0.717) is 32.5 Å². The summed E-state index contributed by atoms with van der Waals surface area (Å²) >= 11 is 0. The molecule has 0 spiro atoms. The normalized spacial score (nSPS) is 15.6. The van der Waals surface area contributed by atoms with Crippen LogP contribution in [0.2, 0.25) is 0 Å². The Bertz CT molecular complexity index is 821. The molecule has 2 rings (SSSR count). The number of nitro groups is 1. The van der Waals surface area contributed by atoms with Gasteiger partial charge in [-0.2, -0.15) is 0 Å². The highest BCUT2D eigenvalue weighted by Gasteiger charge is 2.35. The number of amides is 1. The van der Waals surface area contributed by atoms with Crippen molar-refractivity contribution in [3.63, 3.8) is 0 Å². The second-order valence-corrected chi connectivity index (χ2v) is 6.99. The summed E-state index contributed by atoms with van der Waals surface area (Å²) in [6.07, 6.45) is 0.731. The van der Waals surface area contributed by atoms with Gasteiger partial charge in [0.15, 0.2) is 0 Å². The molecule has 0 radical (unpaired) electrons. The van der Waals surface area contributed by atoms with Gasteiger partial charge in [-0.25, -0.2) is 0 Å². The van der Waals surface area contributed by atoms with E-state index in [4.69, 9.17) is 14.2 Å². The SMILES string of the molecule is CCOC(=O)C1CCN(C(CC(=O)OC)C(=O)Nc2ccc(OC)cc2[N+](=O)[O-])CC1. The van der Waals surface area contributed by atoms with Gasteiger partial charge in [0.05, 0.1) is 44.2 Å². The smallest absolute Gasteiger partial charge is 0.309 e. The zero-order valence-electron chi connectivity index (χ0n) is 17.8. The van der Waals surface area contributed by atoms with Crippen molar-refractivity contribution in [1.82, 2.24) is 4.90 Å². The number of esters is 2. The van der Waals surface area contributed by atoms with Gasteiger partial charge in [0, 0.05) is 0 Å². The number of benzene rings is 1. The number of piperidine rings is 1. The van der Waals surface area contributed by atoms with Crippen LogP contribution in [-0.2, 0) is 23.9 Å². The average molecular weight is 437 g/mol. The number of hydrogen-bond acceptors (Lipinski definition) is 9. The first-order valence-corrected chi connectivity index (χ1v) is 9.91. The Labute approximate surface area is 179 Å². The Morgan fingerprint density at radius 1 is 1.26 bits per heavy atom. The molecule has 1 heterocycles. The van der Waals surface area contributed by atoms with Crippen molar-refractivity contribution in [3.05, 3.63) is 28.3 Å². The van der Waals surface area contributed by atoms with E-state index in [1.54, 1.807) is 11.8 Å². The van der Waals surface area contributed by atoms with E-state index < -0.39 is 22.8 Å². The summed E-state index contributed by atoms with van der Waals surface area (Å²) in [6, 6.07) is 3.16. The number of carbonyl (C=O) groups excluding carboxylic acids is 3. The predicted molar refractivity (Wildman–Crippen MR) is 110 cm³/mol. The number of nitrogens with one attached hydrogen (secondary N) is 1. The zero-order chi connectivity index (χ0) is 23.0. The number of hydrogen-bond donors (Lipinski definition) is 1. The van der Waals surface area contributed by atoms with Crippen LogP contribution < -0.4 is 10.1 Å². The van der Waals surface area contributed by atoms with Crippen LogP contribution in [0.5, 0.6) is 5.75 Å². The van der Waals surface area contributed by atoms with Crippen LogP contribution in [0.4, 0.5) is 11.4 Å². The molecule has 1 aliphatic heterocycles. The standard InChI is InChI=1S/C20H27N3O8/c1-4-31-20(26)13-7-9-22(10-8-13)17(12-18(24)30-3)19(25)21-15-6-5-14(29-2)11-16(15)23(27)28/h5-6,11,13,17H,4,7-10,12H2,1-3H3,(H,21,25). The molecule has 1 N–H and O–H groups in total. The van der Waals surface area contributed by atoms with Gasteiger partial charge in [0.25, 0.3) is 5.69 Å². The highest BCUT2D eigenvalue weighted by molar-refractivity contribution is 5.98. The van der Waals surface area contributed by atoms with Gasteiger partial charge in [-0.1, -0.05) is 0 Å². The fourth-order valence-electron chi connectivity index (χ4n) is 3.45. The molecule has 1 aliphatic rings. The zero-order valence-corrected chi connectivity index (χ0v) is 17.8. The van der Waals surface area contributed by atoms with Gasteiger partial charge in [0.1, 0.15) is 17.5 Å². The fourth-order valence-corrected chi connectivity index (χ4v) is 3.45. The third-order valence-electron chi connectivity index (χ3n) is 5.14. The third kappa shape index (κ3) is 6.38. The maximum Gasteiger partial charge on any atom is 0.309 e. The molecule has 1 saturated heterocycles. The van der Waals surface area contributed by atoms with Crippen LogP contribution >= 0.6 is 0 Å². The second-order valence-electron chi connectivity index (χ2n) is 6.99. The van der Waals surface area contributed by atoms with Crippen LogP contribution in [0.3, 0.4) is 0 Å². The lowest BCUT2D eigenvalue weighted by atomic mass is 9.95. The van der Waals surface area contributed by atoms with Crippen molar-refractivity contribution >= 4 is 29.2 Å². The molecule has 11 nitrogen and oxygen atoms in total. The van der Waals surface area contributed by atoms with Gasteiger partial charge in [-0.3, -0.25) is 29.4 Å². The summed E-state index contributed by atoms with van der Waals surface area (Å²) in [6.45, 7) is 2.82. The summed E-state index contributed by atoms with van der Waals surface area (Å²) in [5.74, 6) is -1.42. The molecule has 1 aromatic rings. The minimum Gasteiger partial charge on any atom is -0.496 e. The van der Waals surface area contributed by atoms with E-state index >= 15 is 0 Å². The Hall–Kier alpha value is -3.21. The molecular formula is C20H27N3O8. The van der Waals surface area contributed by atoms with Gasteiger partial charge in [-0.05, 0) is 45.0 Å². The van der Waals surface area contributed by atoms with Crippen molar-refractivity contribution < 1.29 is 33.5 Å². The lowest BCUT2D eigenvalue weighted by molar-refractivity contribution is -0.384. The maximum absolute atomic E-state index is 13.0. The summed E-state index contributed by atoms with van der Waals surface area (Å²) in [5.41, 5.74) is -0.336. The van der Waals surface area contributed by atoms with E-state index in [1.807, 2.05) is 0 Å². The molecule has 0 aliphatic carbocycles. The number of ether oxygens (including phenoxy) is 3. The van der Waals surface area contributed by atoms with E-state index in [0.717, 1.165) is 0 Å². The fraction of sp³-hybridized carbons (Fsp3) is 0.550. The number of nitrogens with zero attached hydrogens (tertiary/aromatic N) is 2. The molecule has 31 heavy (non-hydrogen) atoms. The highest BCUT2D eigenvalue weighted by atomic mass is 16.6. The summed E-state index contributed by atoms with van der Waals surface area (Å²) in [4.78, 5) is 49.4. The molecule has 1 fully saturated rings. The van der Waals surface area contributed by atoms with E-state index in [2.05, 4.69) is 5.32 Å². The van der Waals surface area contributed by atoms with Crippen LogP contribution in [0.1, 0.15) is 26.2 Å². The van der Waals surface area contributed by atoms with Crippen LogP contribution in [0, 0.1) is 16.0 Å². The number of rotatable bonds is 9. The van der Waals surface area contributed by atoms with Crippen LogP contribution in [0.25, 0.3) is 0 Å². The lowest BCUT2D eigenvalue weighted by Gasteiger charge is -2.35. The second kappa shape index (κ2) is 11.3. The highest BCUT2D eigenvalue weighted by Crippen LogP contribution is 2.30. The number of carbonyl (C=O) groups is 3. The summed E-state index contributed by atoms with van der Waals surface area (Å²) in [7, 11) is 2.60. The number of nitro benzene ring substituents is 1. The Morgan fingerprint density at radius 2 is 1.94 bits per heavy atom. The summed E-state index contributed by atoms with van der Waals surface area (Å²) in [5, 5.41) is 13.9. The molecule has 11 heteroatoms. The molecule has 0 saturated carbocycles. The molecule has 1 atom stereocenters. The average Bonchev–Trinajstić information content (AvgIpc) is 2.77. The van der Waals surface area contributed by atoms with E-state index in [1.165, 1.54) is 32.4 Å². The minimum absolute atomic E-state index is 0.00734. The quantitative estimate of drug-likeness (QED) is 0.348. The first-order chi connectivity index (χ1) is 14.8. The molecule has 0 aromatic heterocycles. The summed E-state index contributed by atoms with van der Waals surface area (Å²) < 4.78 is 14.8. The van der Waals surface area contributed by atoms with E-state index in [-0.39, 0.29) is 35.4 Å². The third-order valence-corrected chi connectivity index (χ3v) is 5.14. The Morgan fingerprint density at radius 3 is 2.48 bits per heavy atom. The van der Waals surface area contributed by atoms with Crippen molar-refractivity contribution in [2.45, 2.75) is 32.2 Å². The molecule has 1 unspecified atom stereocenters. The molecule has 170 valence electrons. The number of likely N-dealkylation sites (tertiary alicyclic amines) is 1. The van der Waals surface area contributed by atoms with E-state index in [9.17, 15) is 24.5 Å². The van der Waals surface area contributed by atoms with Gasteiger partial charge in [-0.15, -0.1) is 0 Å². The van der Waals surface area contributed by atoms with Crippen LogP contribution in [0.15, 0.2) is 18.2 Å². The lowest BCUT2D eigenvalue weighted by Crippen LogP contribution is -2.49. The van der Waals surface area contributed by atoms with Gasteiger partial charge < -0.3 is 19.5 Å². The Kier molecular flexibility index (Phi) is 8.74. The predicted octanol–water partition coefficient (Wildman–Crippen LogP) is 1.75. The van der Waals surface area contributed by atoms with Crippen molar-refractivity contribution in [2.24, 2.45) is 5.92 Å². The monoisotopic (exact) mass is 437 g/mol. The van der Waals surface area contributed by atoms with Gasteiger partial charge in [0.2, 0.25) is 5.91 Å². The van der Waals surface area contributed by atoms with Crippen molar-refractivity contribution in [1.29, 1.82) is 0 Å². The molecule has 0 bridgehead atoms. The van der Waals surface area contributed by atoms with Crippen molar-refractivity contribution in [3.8, 4) is 5.75 Å². The van der Waals surface area contributed by atoms with Crippen LogP contribution in [-0.4, -0.2) is 67.6 Å². The molecule has 1 amide bonds. The van der Waals surface area contributed by atoms with Crippen molar-refractivity contribution in [2.75, 3.05) is 39.2 Å². The Balaban J connectivity index is 2.17. The first kappa shape index (κ1) is 24.1. The topological polar surface area (TPSA) is 137 Å².